The van der Waals surface area contributed by atoms with E-state index in [1.807, 2.05) is 0 Å². The zero-order valence-electron chi connectivity index (χ0n) is 13.3. The highest BCUT2D eigenvalue weighted by Gasteiger charge is 2.38. The van der Waals surface area contributed by atoms with Gasteiger partial charge in [-0.2, -0.15) is 0 Å². The van der Waals surface area contributed by atoms with Crippen LogP contribution >= 0.6 is 0 Å². The number of rotatable bonds is 1. The molecule has 2 aromatic carbocycles. The van der Waals surface area contributed by atoms with Crippen molar-refractivity contribution in [3.63, 3.8) is 0 Å². The summed E-state index contributed by atoms with van der Waals surface area (Å²) in [4.78, 5) is 25.6. The minimum Gasteiger partial charge on any atom is -0.872 e. The van der Waals surface area contributed by atoms with Crippen LogP contribution in [0.25, 0.3) is 11.5 Å². The van der Waals surface area contributed by atoms with E-state index in [9.17, 15) is 30.0 Å². The molecule has 0 bridgehead atoms. The van der Waals surface area contributed by atoms with Crippen molar-refractivity contribution in [3.05, 3.63) is 70.8 Å². The number of Topliss-reactive ketones (excluding diaryl/α,β-unsaturated/α-hetero) is 2. The monoisotopic (exact) mass is 348 g/mol. The van der Waals surface area contributed by atoms with Gasteiger partial charge in [-0.3, -0.25) is 9.59 Å². The molecule has 2 aliphatic carbocycles. The molecule has 4 rings (SSSR count). The Morgan fingerprint density at radius 3 is 1.46 bits per heavy atom. The Morgan fingerprint density at radius 1 is 0.692 bits per heavy atom. The lowest BCUT2D eigenvalue weighted by atomic mass is 9.73. The summed E-state index contributed by atoms with van der Waals surface area (Å²) in [7, 11) is 0. The number of hydrogen-bond donors (Lipinski definition) is 2. The molecule has 6 heteroatoms. The number of carbonyl (C=O) groups is 2. The van der Waals surface area contributed by atoms with Gasteiger partial charge in [-0.1, -0.05) is 36.4 Å². The summed E-state index contributed by atoms with van der Waals surface area (Å²) in [5, 5.41) is 44.4. The minimum atomic E-state index is -1.14. The minimum absolute atomic E-state index is 0.0258. The molecule has 0 saturated carbocycles. The molecule has 26 heavy (non-hydrogen) atoms. The van der Waals surface area contributed by atoms with Crippen LogP contribution < -0.4 is 10.2 Å². The van der Waals surface area contributed by atoms with Gasteiger partial charge in [-0.25, -0.2) is 0 Å². The number of phenolic OH excluding ortho intramolecular Hbond substituents is 2. The van der Waals surface area contributed by atoms with Crippen molar-refractivity contribution < 1.29 is 30.0 Å². The van der Waals surface area contributed by atoms with Gasteiger partial charge in [0.1, 0.15) is 11.5 Å². The fourth-order valence-electron chi connectivity index (χ4n) is 3.55. The molecule has 0 aromatic heterocycles. The van der Waals surface area contributed by atoms with Crippen LogP contribution in [0.4, 0.5) is 0 Å². The normalized spacial score (nSPS) is 21.5. The Bertz CT molecular complexity index is 947. The van der Waals surface area contributed by atoms with Crippen LogP contribution in [0.5, 0.6) is 11.5 Å². The van der Waals surface area contributed by atoms with Crippen molar-refractivity contribution in [2.45, 2.75) is 0 Å². The molecule has 0 radical (unpaired) electrons. The van der Waals surface area contributed by atoms with Crippen molar-refractivity contribution in [2.75, 3.05) is 0 Å². The molecule has 0 saturated heterocycles. The second-order valence-electron chi connectivity index (χ2n) is 6.24. The third-order valence-corrected chi connectivity index (χ3v) is 4.76. The second kappa shape index (κ2) is 5.49. The van der Waals surface area contributed by atoms with Gasteiger partial charge in [0.05, 0.1) is 11.8 Å². The van der Waals surface area contributed by atoms with E-state index in [1.54, 1.807) is 0 Å². The maximum atomic E-state index is 12.8. The Kier molecular flexibility index (Phi) is 3.37. The summed E-state index contributed by atoms with van der Waals surface area (Å²) >= 11 is 0. The zero-order chi connectivity index (χ0) is 18.6. The van der Waals surface area contributed by atoms with Crippen LogP contribution in [0.15, 0.2) is 48.6 Å². The molecule has 2 atom stereocenters. The lowest BCUT2D eigenvalue weighted by molar-refractivity contribution is -0.246. The van der Waals surface area contributed by atoms with E-state index in [-0.39, 0.29) is 33.8 Å². The average molecular weight is 348 g/mol. The maximum Gasteiger partial charge on any atom is 0.171 e. The van der Waals surface area contributed by atoms with Gasteiger partial charge in [0.25, 0.3) is 0 Å². The van der Waals surface area contributed by atoms with Gasteiger partial charge in [-0.15, -0.1) is 11.5 Å². The van der Waals surface area contributed by atoms with Crippen LogP contribution in [-0.4, -0.2) is 21.8 Å². The van der Waals surface area contributed by atoms with Crippen molar-refractivity contribution >= 4 is 23.1 Å². The van der Waals surface area contributed by atoms with Gasteiger partial charge in [0.2, 0.25) is 0 Å². The van der Waals surface area contributed by atoms with E-state index in [0.717, 1.165) is 12.2 Å². The Morgan fingerprint density at radius 2 is 1.08 bits per heavy atom. The van der Waals surface area contributed by atoms with Crippen molar-refractivity contribution in [1.29, 1.82) is 0 Å². The molecular formula is C20H12O6-2. The van der Waals surface area contributed by atoms with E-state index in [2.05, 4.69) is 0 Å². The number of hydrogen-bond acceptors (Lipinski definition) is 6. The highest BCUT2D eigenvalue weighted by atomic mass is 16.3. The van der Waals surface area contributed by atoms with E-state index >= 15 is 0 Å². The fourth-order valence-corrected chi connectivity index (χ4v) is 3.55. The quantitative estimate of drug-likeness (QED) is 0.787. The molecule has 130 valence electrons. The molecule has 2 aromatic rings. The Balaban J connectivity index is 1.83. The summed E-state index contributed by atoms with van der Waals surface area (Å²) in [6.07, 6.45) is 2.15. The topological polar surface area (TPSA) is 121 Å². The molecule has 0 heterocycles. The molecular weight excluding hydrogens is 336 g/mol. The van der Waals surface area contributed by atoms with Gasteiger partial charge in [-0.05, 0) is 12.1 Å². The molecule has 0 aliphatic heterocycles. The summed E-state index contributed by atoms with van der Waals surface area (Å²) in [5.74, 6) is -5.05. The van der Waals surface area contributed by atoms with E-state index in [4.69, 9.17) is 0 Å². The summed E-state index contributed by atoms with van der Waals surface area (Å²) in [5.41, 5.74) is -0.140. The molecule has 0 fully saturated rings. The van der Waals surface area contributed by atoms with E-state index in [1.165, 1.54) is 36.4 Å². The molecule has 0 spiro atoms. The zero-order valence-corrected chi connectivity index (χ0v) is 13.3. The molecule has 2 aliphatic rings. The summed E-state index contributed by atoms with van der Waals surface area (Å²) in [6.45, 7) is 0. The van der Waals surface area contributed by atoms with Crippen molar-refractivity contribution in [3.8, 4) is 11.5 Å². The highest BCUT2D eigenvalue weighted by Crippen LogP contribution is 2.40. The number of allylic oxidation sites excluding steroid dienone is 2. The number of phenols is 2. The lowest BCUT2D eigenvalue weighted by Crippen LogP contribution is -2.35. The van der Waals surface area contributed by atoms with Crippen molar-refractivity contribution in [1.82, 2.24) is 0 Å². The number of carbonyl (C=O) groups excluding carboxylic acids is 2. The number of aromatic hydroxyl groups is 2. The van der Waals surface area contributed by atoms with Crippen LogP contribution in [0.2, 0.25) is 0 Å². The first-order valence-electron chi connectivity index (χ1n) is 7.91. The highest BCUT2D eigenvalue weighted by molar-refractivity contribution is 6.13. The number of fused-ring (bicyclic) bond motifs is 2. The Hall–Kier alpha value is -3.54. The summed E-state index contributed by atoms with van der Waals surface area (Å²) in [6, 6.07) is 8.30. The van der Waals surface area contributed by atoms with Gasteiger partial charge < -0.3 is 20.4 Å². The van der Waals surface area contributed by atoms with E-state index in [0.29, 0.717) is 0 Å². The molecule has 6 nitrogen and oxygen atoms in total. The van der Waals surface area contributed by atoms with Gasteiger partial charge in [0.15, 0.2) is 11.6 Å². The van der Waals surface area contributed by atoms with Crippen LogP contribution in [0.1, 0.15) is 31.8 Å². The van der Waals surface area contributed by atoms with Gasteiger partial charge >= 0.3 is 0 Å². The first kappa shape index (κ1) is 16.0. The standard InChI is InChI=1S/C20H14O6/c21-13-5-1-3-9-17(13)15(23)7-11(19(9)25)12-8-16(24)18-10(20(12)26)4-2-6-14(18)22/h1-8,11-12,21-24H/p-2. The third-order valence-electron chi connectivity index (χ3n) is 4.76. The SMILES string of the molecule is O=C1c2cccc(O)c2C([O-])=CC1C1C=C([O-])c2c(O)cccc2C1=O. The lowest BCUT2D eigenvalue weighted by Gasteiger charge is -2.33. The number of benzene rings is 2. The predicted molar refractivity (Wildman–Crippen MR) is 87.8 cm³/mol. The van der Waals surface area contributed by atoms with Crippen LogP contribution in [-0.2, 0) is 0 Å². The average Bonchev–Trinajstić information content (AvgIpc) is 2.61. The number of ketones is 2. The first-order chi connectivity index (χ1) is 12.4. The van der Waals surface area contributed by atoms with Crippen LogP contribution in [0, 0.1) is 11.8 Å². The maximum absolute atomic E-state index is 12.8. The van der Waals surface area contributed by atoms with Crippen molar-refractivity contribution in [2.24, 2.45) is 11.8 Å². The smallest absolute Gasteiger partial charge is 0.171 e. The van der Waals surface area contributed by atoms with E-state index < -0.39 is 34.9 Å². The summed E-state index contributed by atoms with van der Waals surface area (Å²) < 4.78 is 0. The molecule has 2 unspecified atom stereocenters. The molecule has 0 amide bonds. The second-order valence-corrected chi connectivity index (χ2v) is 6.24. The van der Waals surface area contributed by atoms with Gasteiger partial charge in [0, 0.05) is 22.3 Å². The first-order valence-corrected chi connectivity index (χ1v) is 7.91. The fraction of sp³-hybridized carbons (Fsp3) is 0.100. The Labute approximate surface area is 148 Å². The van der Waals surface area contributed by atoms with Crippen LogP contribution in [0.3, 0.4) is 0 Å². The third kappa shape index (κ3) is 2.12. The molecule has 2 N–H and O–H groups in total. The largest absolute Gasteiger partial charge is 0.872 e. The predicted octanol–water partition coefficient (Wildman–Crippen LogP) is 0.825.